The van der Waals surface area contributed by atoms with Gasteiger partial charge in [-0.1, -0.05) is 19.9 Å². The number of hydrogen-bond donors (Lipinski definition) is 1. The van der Waals surface area contributed by atoms with Gasteiger partial charge in [-0.3, -0.25) is 0 Å². The summed E-state index contributed by atoms with van der Waals surface area (Å²) in [5.74, 6) is 1.29. The molecule has 0 aliphatic heterocycles. The van der Waals surface area contributed by atoms with E-state index in [0.717, 1.165) is 0 Å². The van der Waals surface area contributed by atoms with Crippen LogP contribution in [0.4, 0.5) is 0 Å². The number of allylic oxidation sites excluding steroid dienone is 1. The van der Waals surface area contributed by atoms with Gasteiger partial charge < -0.3 is 5.11 Å². The molecule has 1 nitrogen and oxygen atoms in total. The predicted octanol–water partition coefficient (Wildman–Crippen LogP) is 1.97. The number of aliphatic hydroxyl groups excluding tert-OH is 1. The Morgan fingerprint density at radius 3 is 2.70 bits per heavy atom. The highest BCUT2D eigenvalue weighted by Gasteiger charge is 2.15. The molecule has 0 bridgehead atoms. The smallest absolute Gasteiger partial charge is 0.0644 e. The second-order valence-electron chi connectivity index (χ2n) is 3.36. The van der Waals surface area contributed by atoms with Gasteiger partial charge in [0.2, 0.25) is 0 Å². The third-order valence-corrected chi connectivity index (χ3v) is 2.37. The van der Waals surface area contributed by atoms with Crippen molar-refractivity contribution in [2.24, 2.45) is 11.8 Å². The molecule has 0 aromatic rings. The lowest BCUT2D eigenvalue weighted by Gasteiger charge is -2.22. The highest BCUT2D eigenvalue weighted by Crippen LogP contribution is 2.26. The Labute approximate surface area is 62.8 Å². The monoisotopic (exact) mass is 140 g/mol. The Morgan fingerprint density at radius 2 is 2.20 bits per heavy atom. The van der Waals surface area contributed by atoms with Crippen molar-refractivity contribution in [3.8, 4) is 0 Å². The number of aliphatic hydroxyl groups is 1. The molecule has 2 atom stereocenters. The van der Waals surface area contributed by atoms with Gasteiger partial charge in [-0.2, -0.15) is 0 Å². The summed E-state index contributed by atoms with van der Waals surface area (Å²) >= 11 is 0. The van der Waals surface area contributed by atoms with E-state index in [1.165, 1.54) is 18.4 Å². The van der Waals surface area contributed by atoms with Gasteiger partial charge in [0.1, 0.15) is 0 Å². The molecular weight excluding hydrogens is 124 g/mol. The second-order valence-corrected chi connectivity index (χ2v) is 3.36. The highest BCUT2D eigenvalue weighted by molar-refractivity contribution is 5.10. The zero-order valence-electron chi connectivity index (χ0n) is 6.80. The summed E-state index contributed by atoms with van der Waals surface area (Å²) in [5.41, 5.74) is 1.23. The van der Waals surface area contributed by atoms with E-state index in [9.17, 15) is 0 Å². The normalized spacial score (nSPS) is 33.7. The van der Waals surface area contributed by atoms with E-state index < -0.39 is 0 Å². The Bertz CT molecular complexity index is 138. The number of rotatable bonds is 1. The third-order valence-electron chi connectivity index (χ3n) is 2.37. The zero-order valence-corrected chi connectivity index (χ0v) is 6.80. The molecule has 0 fully saturated rings. The van der Waals surface area contributed by atoms with Crippen LogP contribution in [-0.2, 0) is 0 Å². The summed E-state index contributed by atoms with van der Waals surface area (Å²) in [6, 6.07) is 0. The molecule has 1 aliphatic carbocycles. The van der Waals surface area contributed by atoms with Crippen molar-refractivity contribution in [1.82, 2.24) is 0 Å². The van der Waals surface area contributed by atoms with Gasteiger partial charge in [-0.05, 0) is 30.3 Å². The molecule has 1 heteroatoms. The van der Waals surface area contributed by atoms with E-state index in [1.54, 1.807) is 0 Å². The first-order valence-corrected chi connectivity index (χ1v) is 4.05. The fraction of sp³-hybridized carbons (Fsp3) is 0.778. The topological polar surface area (TPSA) is 20.2 Å². The molecule has 1 rings (SSSR count). The summed E-state index contributed by atoms with van der Waals surface area (Å²) in [4.78, 5) is 0. The molecule has 0 saturated carbocycles. The molecule has 10 heavy (non-hydrogen) atoms. The maximum atomic E-state index is 8.91. The summed E-state index contributed by atoms with van der Waals surface area (Å²) < 4.78 is 0. The van der Waals surface area contributed by atoms with Crippen molar-refractivity contribution in [2.75, 3.05) is 6.61 Å². The summed E-state index contributed by atoms with van der Waals surface area (Å²) in [6.45, 7) is 4.65. The first-order valence-electron chi connectivity index (χ1n) is 4.05. The molecule has 0 heterocycles. The van der Waals surface area contributed by atoms with Crippen molar-refractivity contribution >= 4 is 0 Å². The second kappa shape index (κ2) is 3.20. The lowest BCUT2D eigenvalue weighted by Crippen LogP contribution is -2.12. The van der Waals surface area contributed by atoms with Gasteiger partial charge in [0.25, 0.3) is 0 Å². The van der Waals surface area contributed by atoms with Crippen LogP contribution in [0.2, 0.25) is 0 Å². The summed E-state index contributed by atoms with van der Waals surface area (Å²) in [6.07, 6.45) is 4.74. The lowest BCUT2D eigenvalue weighted by molar-refractivity contribution is 0.302. The molecule has 58 valence electrons. The lowest BCUT2D eigenvalue weighted by atomic mass is 9.85. The quantitative estimate of drug-likeness (QED) is 0.552. The summed E-state index contributed by atoms with van der Waals surface area (Å²) in [7, 11) is 0. The highest BCUT2D eigenvalue weighted by atomic mass is 16.3. The summed E-state index contributed by atoms with van der Waals surface area (Å²) in [5, 5.41) is 8.91. The molecule has 0 unspecified atom stereocenters. The zero-order chi connectivity index (χ0) is 7.56. The van der Waals surface area contributed by atoms with Crippen LogP contribution in [-0.4, -0.2) is 11.7 Å². The van der Waals surface area contributed by atoms with Crippen LogP contribution in [0.15, 0.2) is 11.6 Å². The van der Waals surface area contributed by atoms with Crippen LogP contribution in [0.25, 0.3) is 0 Å². The molecule has 0 aromatic carbocycles. The first kappa shape index (κ1) is 7.80. The van der Waals surface area contributed by atoms with Crippen LogP contribution in [0.5, 0.6) is 0 Å². The fourth-order valence-electron chi connectivity index (χ4n) is 1.52. The van der Waals surface area contributed by atoms with Crippen LogP contribution in [0.3, 0.4) is 0 Å². The molecule has 1 N–H and O–H groups in total. The molecule has 0 amide bonds. The molecular formula is C9H16O. The minimum atomic E-state index is 0.255. The van der Waals surface area contributed by atoms with E-state index in [4.69, 9.17) is 5.11 Å². The van der Waals surface area contributed by atoms with Gasteiger partial charge in [-0.15, -0.1) is 0 Å². The average molecular weight is 140 g/mol. The standard InChI is InChI=1S/C9H16O/c1-7-3-4-8(2)9(5-7)6-10/h5,7-8,10H,3-4,6H2,1-2H3/t7-,8+/m1/s1. The van der Waals surface area contributed by atoms with Gasteiger partial charge >= 0.3 is 0 Å². The Kier molecular flexibility index (Phi) is 2.50. The minimum Gasteiger partial charge on any atom is -0.392 e. The Balaban J connectivity index is 2.62. The molecule has 0 aromatic heterocycles. The van der Waals surface area contributed by atoms with Crippen LogP contribution >= 0.6 is 0 Å². The first-order chi connectivity index (χ1) is 4.74. The van der Waals surface area contributed by atoms with Crippen molar-refractivity contribution in [1.29, 1.82) is 0 Å². The molecule has 0 saturated heterocycles. The average Bonchev–Trinajstić information content (AvgIpc) is 1.94. The molecule has 0 radical (unpaired) electrons. The van der Waals surface area contributed by atoms with Gasteiger partial charge in [-0.25, -0.2) is 0 Å². The van der Waals surface area contributed by atoms with E-state index in [0.29, 0.717) is 11.8 Å². The maximum absolute atomic E-state index is 8.91. The van der Waals surface area contributed by atoms with Gasteiger partial charge in [0.05, 0.1) is 6.61 Å². The Hall–Kier alpha value is -0.300. The largest absolute Gasteiger partial charge is 0.392 e. The van der Waals surface area contributed by atoms with Crippen molar-refractivity contribution in [2.45, 2.75) is 26.7 Å². The van der Waals surface area contributed by atoms with E-state index in [1.807, 2.05) is 0 Å². The van der Waals surface area contributed by atoms with Gasteiger partial charge in [0.15, 0.2) is 0 Å². The van der Waals surface area contributed by atoms with Crippen LogP contribution < -0.4 is 0 Å². The number of hydrogen-bond acceptors (Lipinski definition) is 1. The van der Waals surface area contributed by atoms with Crippen LogP contribution in [0.1, 0.15) is 26.7 Å². The van der Waals surface area contributed by atoms with E-state index in [-0.39, 0.29) is 6.61 Å². The predicted molar refractivity (Wildman–Crippen MR) is 42.7 cm³/mol. The molecule has 0 spiro atoms. The molecule has 1 aliphatic rings. The van der Waals surface area contributed by atoms with Crippen molar-refractivity contribution < 1.29 is 5.11 Å². The minimum absolute atomic E-state index is 0.255. The van der Waals surface area contributed by atoms with Crippen LogP contribution in [0, 0.1) is 11.8 Å². The third kappa shape index (κ3) is 1.60. The SMILES string of the molecule is C[C@H]1C=C(CO)[C@@H](C)CC1. The van der Waals surface area contributed by atoms with E-state index >= 15 is 0 Å². The fourth-order valence-corrected chi connectivity index (χ4v) is 1.52. The van der Waals surface area contributed by atoms with Crippen molar-refractivity contribution in [3.63, 3.8) is 0 Å². The Morgan fingerprint density at radius 1 is 1.50 bits per heavy atom. The van der Waals surface area contributed by atoms with E-state index in [2.05, 4.69) is 19.9 Å². The van der Waals surface area contributed by atoms with Crippen molar-refractivity contribution in [3.05, 3.63) is 11.6 Å². The van der Waals surface area contributed by atoms with Gasteiger partial charge in [0, 0.05) is 0 Å². The maximum Gasteiger partial charge on any atom is 0.0644 e.